The molecule has 0 fully saturated rings. The van der Waals surface area contributed by atoms with E-state index in [9.17, 15) is 4.79 Å². The summed E-state index contributed by atoms with van der Waals surface area (Å²) < 4.78 is 5.19. The summed E-state index contributed by atoms with van der Waals surface area (Å²) in [6.45, 7) is 4.20. The first-order chi connectivity index (χ1) is 8.46. The second-order valence-electron chi connectivity index (χ2n) is 4.73. The van der Waals surface area contributed by atoms with Gasteiger partial charge in [-0.1, -0.05) is 12.1 Å². The molecule has 0 unspecified atom stereocenters. The molecule has 0 saturated heterocycles. The molecule has 96 valence electrons. The first kappa shape index (κ1) is 14.2. The van der Waals surface area contributed by atoms with Gasteiger partial charge in [-0.15, -0.1) is 0 Å². The molecule has 0 heterocycles. The van der Waals surface area contributed by atoms with E-state index in [2.05, 4.69) is 11.4 Å². The molecule has 18 heavy (non-hydrogen) atoms. The quantitative estimate of drug-likeness (QED) is 0.864. The summed E-state index contributed by atoms with van der Waals surface area (Å²) in [6.07, 6.45) is 0.319. The molecule has 0 aromatic heterocycles. The van der Waals surface area contributed by atoms with Gasteiger partial charge >= 0.3 is 0 Å². The number of methoxy groups -OCH3 is 1. The zero-order valence-corrected chi connectivity index (χ0v) is 11.0. The van der Waals surface area contributed by atoms with E-state index in [4.69, 9.17) is 10.00 Å². The van der Waals surface area contributed by atoms with E-state index >= 15 is 0 Å². The third-order valence-corrected chi connectivity index (χ3v) is 2.71. The molecule has 1 N–H and O–H groups in total. The van der Waals surface area contributed by atoms with E-state index in [-0.39, 0.29) is 5.91 Å². The number of rotatable bonds is 5. The number of hydrogen-bond acceptors (Lipinski definition) is 3. The molecule has 0 aliphatic heterocycles. The van der Waals surface area contributed by atoms with Crippen molar-refractivity contribution < 1.29 is 9.53 Å². The molecule has 0 bridgehead atoms. The zero-order valence-electron chi connectivity index (χ0n) is 11.0. The normalized spacial score (nSPS) is 10.8. The fourth-order valence-electron chi connectivity index (χ4n) is 1.42. The Balaban J connectivity index is 2.45. The van der Waals surface area contributed by atoms with Crippen LogP contribution in [0, 0.1) is 11.3 Å². The van der Waals surface area contributed by atoms with E-state index < -0.39 is 5.60 Å². The average Bonchev–Trinajstić information content (AvgIpc) is 2.36. The fourth-order valence-corrected chi connectivity index (χ4v) is 1.42. The van der Waals surface area contributed by atoms with Crippen molar-refractivity contribution in [2.45, 2.75) is 32.4 Å². The van der Waals surface area contributed by atoms with Gasteiger partial charge in [-0.05, 0) is 31.5 Å². The first-order valence-electron chi connectivity index (χ1n) is 5.78. The molecular weight excluding hydrogens is 228 g/mol. The van der Waals surface area contributed by atoms with Gasteiger partial charge in [-0.2, -0.15) is 5.26 Å². The van der Waals surface area contributed by atoms with Gasteiger partial charge in [0.05, 0.1) is 23.7 Å². The SMILES string of the molecule is COC(C)(C)CC(=O)NCc1ccc(C#N)cc1. The summed E-state index contributed by atoms with van der Waals surface area (Å²) in [5, 5.41) is 11.5. The van der Waals surface area contributed by atoms with Crippen molar-refractivity contribution in [3.63, 3.8) is 0 Å². The number of benzene rings is 1. The van der Waals surface area contributed by atoms with Crippen molar-refractivity contribution in [1.29, 1.82) is 5.26 Å². The van der Waals surface area contributed by atoms with Crippen molar-refractivity contribution in [2.75, 3.05) is 7.11 Å². The number of ether oxygens (including phenoxy) is 1. The molecular formula is C14H18N2O2. The largest absolute Gasteiger partial charge is 0.378 e. The van der Waals surface area contributed by atoms with Gasteiger partial charge < -0.3 is 10.1 Å². The predicted octanol–water partition coefficient (Wildman–Crippen LogP) is 1.99. The van der Waals surface area contributed by atoms with E-state index in [1.807, 2.05) is 26.0 Å². The Morgan fingerprint density at radius 3 is 2.50 bits per heavy atom. The van der Waals surface area contributed by atoms with Crippen LogP contribution in [0.1, 0.15) is 31.4 Å². The van der Waals surface area contributed by atoms with Crippen LogP contribution in [0.4, 0.5) is 0 Å². The summed E-state index contributed by atoms with van der Waals surface area (Å²) in [6, 6.07) is 9.19. The number of amides is 1. The molecule has 1 aromatic rings. The molecule has 0 aliphatic carbocycles. The summed E-state index contributed by atoms with van der Waals surface area (Å²) in [4.78, 5) is 11.7. The molecule has 0 saturated carbocycles. The lowest BCUT2D eigenvalue weighted by atomic mass is 10.0. The van der Waals surface area contributed by atoms with E-state index in [0.29, 0.717) is 18.5 Å². The van der Waals surface area contributed by atoms with Gasteiger partial charge in [0.1, 0.15) is 0 Å². The van der Waals surface area contributed by atoms with Crippen LogP contribution in [-0.2, 0) is 16.1 Å². The van der Waals surface area contributed by atoms with E-state index in [1.165, 1.54) is 0 Å². The van der Waals surface area contributed by atoms with Crippen molar-refractivity contribution in [2.24, 2.45) is 0 Å². The molecule has 0 spiro atoms. The van der Waals surface area contributed by atoms with E-state index in [1.54, 1.807) is 19.2 Å². The number of nitrogens with one attached hydrogen (secondary N) is 1. The van der Waals surface area contributed by atoms with Gasteiger partial charge in [-0.25, -0.2) is 0 Å². The van der Waals surface area contributed by atoms with Crippen molar-refractivity contribution >= 4 is 5.91 Å². The second kappa shape index (κ2) is 6.18. The number of carbonyl (C=O) groups excluding carboxylic acids is 1. The Hall–Kier alpha value is -1.86. The third kappa shape index (κ3) is 4.56. The monoisotopic (exact) mass is 246 g/mol. The highest BCUT2D eigenvalue weighted by Gasteiger charge is 2.20. The van der Waals surface area contributed by atoms with Crippen LogP contribution in [0.2, 0.25) is 0 Å². The summed E-state index contributed by atoms with van der Waals surface area (Å²) in [5.41, 5.74) is 1.14. The molecule has 4 heteroatoms. The van der Waals surface area contributed by atoms with Gasteiger partial charge in [-0.3, -0.25) is 4.79 Å². The smallest absolute Gasteiger partial charge is 0.223 e. The molecule has 0 aliphatic rings. The van der Waals surface area contributed by atoms with Gasteiger partial charge in [0, 0.05) is 13.7 Å². The maximum absolute atomic E-state index is 11.7. The van der Waals surface area contributed by atoms with Crippen molar-refractivity contribution in [3.8, 4) is 6.07 Å². The van der Waals surface area contributed by atoms with Crippen LogP contribution in [0.3, 0.4) is 0 Å². The van der Waals surface area contributed by atoms with Gasteiger partial charge in [0.25, 0.3) is 0 Å². The highest BCUT2D eigenvalue weighted by atomic mass is 16.5. The molecule has 1 aromatic carbocycles. The minimum absolute atomic E-state index is 0.0498. The highest BCUT2D eigenvalue weighted by Crippen LogP contribution is 2.12. The minimum atomic E-state index is -0.450. The first-order valence-corrected chi connectivity index (χ1v) is 5.78. The standard InChI is InChI=1S/C14H18N2O2/c1-14(2,18-3)8-13(17)16-10-12-6-4-11(9-15)5-7-12/h4-7H,8,10H2,1-3H3,(H,16,17). The van der Waals surface area contributed by atoms with Gasteiger partial charge in [0.15, 0.2) is 0 Å². The Bertz CT molecular complexity index is 444. The molecule has 4 nitrogen and oxygen atoms in total. The van der Waals surface area contributed by atoms with Crippen LogP contribution in [0.5, 0.6) is 0 Å². The number of nitrogens with zero attached hydrogens (tertiary/aromatic N) is 1. The van der Waals surface area contributed by atoms with E-state index in [0.717, 1.165) is 5.56 Å². The molecule has 1 amide bonds. The van der Waals surface area contributed by atoms with Crippen molar-refractivity contribution in [3.05, 3.63) is 35.4 Å². The fraction of sp³-hybridized carbons (Fsp3) is 0.429. The molecule has 1 rings (SSSR count). The maximum Gasteiger partial charge on any atom is 0.223 e. The minimum Gasteiger partial charge on any atom is -0.378 e. The Morgan fingerprint density at radius 1 is 1.39 bits per heavy atom. The van der Waals surface area contributed by atoms with Crippen LogP contribution < -0.4 is 5.32 Å². The number of carbonyl (C=O) groups is 1. The van der Waals surface area contributed by atoms with Crippen LogP contribution in [-0.4, -0.2) is 18.6 Å². The molecule has 0 radical (unpaired) electrons. The van der Waals surface area contributed by atoms with Crippen LogP contribution >= 0.6 is 0 Å². The average molecular weight is 246 g/mol. The summed E-state index contributed by atoms with van der Waals surface area (Å²) >= 11 is 0. The van der Waals surface area contributed by atoms with Crippen molar-refractivity contribution in [1.82, 2.24) is 5.32 Å². The van der Waals surface area contributed by atoms with Gasteiger partial charge in [0.2, 0.25) is 5.91 Å². The number of nitriles is 1. The topological polar surface area (TPSA) is 62.1 Å². The summed E-state index contributed by atoms with van der Waals surface area (Å²) in [7, 11) is 1.59. The highest BCUT2D eigenvalue weighted by molar-refractivity contribution is 5.76. The van der Waals surface area contributed by atoms with Crippen LogP contribution in [0.15, 0.2) is 24.3 Å². The predicted molar refractivity (Wildman–Crippen MR) is 68.7 cm³/mol. The maximum atomic E-state index is 11.7. The number of hydrogen-bond donors (Lipinski definition) is 1. The zero-order chi connectivity index (χ0) is 13.6. The summed E-state index contributed by atoms with van der Waals surface area (Å²) in [5.74, 6) is -0.0498. The lowest BCUT2D eigenvalue weighted by molar-refractivity contribution is -0.126. The lowest BCUT2D eigenvalue weighted by Gasteiger charge is -2.21. The Labute approximate surface area is 108 Å². The second-order valence-corrected chi connectivity index (χ2v) is 4.73. The lowest BCUT2D eigenvalue weighted by Crippen LogP contribution is -2.33. The van der Waals surface area contributed by atoms with Crippen LogP contribution in [0.25, 0.3) is 0 Å². The molecule has 0 atom stereocenters. The Morgan fingerprint density at radius 2 is 2.00 bits per heavy atom. The Kier molecular flexibility index (Phi) is 4.87. The third-order valence-electron chi connectivity index (χ3n) is 2.71.